The summed E-state index contributed by atoms with van der Waals surface area (Å²) in [6.07, 6.45) is 1.05. The highest BCUT2D eigenvalue weighted by molar-refractivity contribution is 4.82. The van der Waals surface area contributed by atoms with Gasteiger partial charge >= 0.3 is 0 Å². The van der Waals surface area contributed by atoms with Gasteiger partial charge in [0.15, 0.2) is 0 Å². The molecule has 0 fully saturated rings. The largest absolute Gasteiger partial charge is 0.377 e. The van der Waals surface area contributed by atoms with Gasteiger partial charge in [-0.25, -0.2) is 0 Å². The van der Waals surface area contributed by atoms with Crippen molar-refractivity contribution in [3.8, 4) is 0 Å². The van der Waals surface area contributed by atoms with E-state index in [4.69, 9.17) is 4.74 Å². The van der Waals surface area contributed by atoms with Gasteiger partial charge in [-0.3, -0.25) is 4.90 Å². The van der Waals surface area contributed by atoms with Crippen LogP contribution in [0.15, 0.2) is 0 Å². The van der Waals surface area contributed by atoms with Crippen LogP contribution in [0.25, 0.3) is 0 Å². The highest BCUT2D eigenvalue weighted by atomic mass is 16.5. The van der Waals surface area contributed by atoms with Gasteiger partial charge in [0.05, 0.1) is 5.60 Å². The van der Waals surface area contributed by atoms with Crippen LogP contribution in [0.2, 0.25) is 0 Å². The zero-order chi connectivity index (χ0) is 10.7. The van der Waals surface area contributed by atoms with Crippen LogP contribution in [-0.4, -0.2) is 36.7 Å². The Bertz CT molecular complexity index is 145. The molecule has 80 valence electrons. The molecule has 0 amide bonds. The SMILES string of the molecule is CCC(C)(CN(C)C(C)(C)C)OC. The summed E-state index contributed by atoms with van der Waals surface area (Å²) in [5.41, 5.74) is 0.205. The monoisotopic (exact) mass is 187 g/mol. The molecule has 0 saturated heterocycles. The van der Waals surface area contributed by atoms with Crippen LogP contribution in [-0.2, 0) is 4.74 Å². The first-order valence-electron chi connectivity index (χ1n) is 5.01. The lowest BCUT2D eigenvalue weighted by Crippen LogP contribution is -2.48. The molecule has 0 aromatic rings. The number of ether oxygens (including phenoxy) is 1. The molecule has 0 bridgehead atoms. The number of methoxy groups -OCH3 is 1. The summed E-state index contributed by atoms with van der Waals surface area (Å²) in [6, 6.07) is 0. The average Bonchev–Trinajstić information content (AvgIpc) is 2.02. The van der Waals surface area contributed by atoms with Crippen LogP contribution in [0.4, 0.5) is 0 Å². The molecule has 0 aromatic heterocycles. The predicted molar refractivity (Wildman–Crippen MR) is 58.1 cm³/mol. The Hall–Kier alpha value is -0.0800. The van der Waals surface area contributed by atoms with Crippen molar-refractivity contribution < 1.29 is 4.74 Å². The van der Waals surface area contributed by atoms with Crippen molar-refractivity contribution >= 4 is 0 Å². The van der Waals surface area contributed by atoms with Crippen LogP contribution in [0.3, 0.4) is 0 Å². The molecule has 1 unspecified atom stereocenters. The lowest BCUT2D eigenvalue weighted by molar-refractivity contribution is -0.0365. The summed E-state index contributed by atoms with van der Waals surface area (Å²) in [4.78, 5) is 2.33. The molecule has 2 nitrogen and oxygen atoms in total. The summed E-state index contributed by atoms with van der Waals surface area (Å²) in [5, 5.41) is 0. The standard InChI is InChI=1S/C11H25NO/c1-8-11(5,13-7)9-12(6)10(2,3)4/h8-9H2,1-7H3. The van der Waals surface area contributed by atoms with Gasteiger partial charge in [-0.2, -0.15) is 0 Å². The minimum absolute atomic E-state index is 0.0119. The molecule has 1 atom stereocenters. The fraction of sp³-hybridized carbons (Fsp3) is 1.00. The van der Waals surface area contributed by atoms with E-state index in [0.717, 1.165) is 13.0 Å². The Morgan fingerprint density at radius 2 is 1.62 bits per heavy atom. The summed E-state index contributed by atoms with van der Waals surface area (Å²) in [5.74, 6) is 0. The molecule has 13 heavy (non-hydrogen) atoms. The predicted octanol–water partition coefficient (Wildman–Crippen LogP) is 2.53. The summed E-state index contributed by atoms with van der Waals surface area (Å²) >= 11 is 0. The molecule has 0 aliphatic carbocycles. The van der Waals surface area contributed by atoms with E-state index < -0.39 is 0 Å². The molecule has 0 spiro atoms. The molecule has 0 aliphatic rings. The van der Waals surface area contributed by atoms with Gasteiger partial charge in [0.1, 0.15) is 0 Å². The van der Waals surface area contributed by atoms with E-state index >= 15 is 0 Å². The Kier molecular flexibility index (Phi) is 4.40. The van der Waals surface area contributed by atoms with Crippen molar-refractivity contribution in [1.82, 2.24) is 4.90 Å². The quantitative estimate of drug-likeness (QED) is 0.670. The van der Waals surface area contributed by atoms with Gasteiger partial charge in [0.25, 0.3) is 0 Å². The number of rotatable bonds is 4. The van der Waals surface area contributed by atoms with Gasteiger partial charge in [0.2, 0.25) is 0 Å². The molecule has 0 rings (SSSR count). The van der Waals surface area contributed by atoms with Crippen LogP contribution < -0.4 is 0 Å². The Morgan fingerprint density at radius 1 is 1.15 bits per heavy atom. The van der Waals surface area contributed by atoms with Crippen LogP contribution in [0.1, 0.15) is 41.0 Å². The van der Waals surface area contributed by atoms with E-state index in [0.29, 0.717) is 0 Å². The van der Waals surface area contributed by atoms with Crippen LogP contribution >= 0.6 is 0 Å². The molecule has 0 N–H and O–H groups in total. The van der Waals surface area contributed by atoms with E-state index in [1.165, 1.54) is 0 Å². The van der Waals surface area contributed by atoms with E-state index in [9.17, 15) is 0 Å². The van der Waals surface area contributed by atoms with Crippen molar-refractivity contribution in [2.75, 3.05) is 20.7 Å². The van der Waals surface area contributed by atoms with Gasteiger partial charge in [-0.15, -0.1) is 0 Å². The first-order chi connectivity index (χ1) is 5.75. The molecule has 0 aromatic carbocycles. The number of nitrogens with zero attached hydrogens (tertiary/aromatic N) is 1. The second-order valence-electron chi connectivity index (χ2n) is 5.03. The number of likely N-dealkylation sites (N-methyl/N-ethyl adjacent to an activating group) is 1. The molecule has 2 heteroatoms. The fourth-order valence-electron chi connectivity index (χ4n) is 1.06. The van der Waals surface area contributed by atoms with E-state index in [1.807, 2.05) is 0 Å². The first-order valence-corrected chi connectivity index (χ1v) is 5.01. The number of hydrogen-bond donors (Lipinski definition) is 0. The molecule has 0 radical (unpaired) electrons. The minimum atomic E-state index is -0.0119. The Balaban J connectivity index is 4.25. The third-order valence-corrected chi connectivity index (χ3v) is 2.96. The van der Waals surface area contributed by atoms with E-state index in [1.54, 1.807) is 7.11 Å². The lowest BCUT2D eigenvalue weighted by atomic mass is 9.99. The normalized spacial score (nSPS) is 17.5. The Morgan fingerprint density at radius 3 is 1.85 bits per heavy atom. The molecular formula is C11H25NO. The maximum absolute atomic E-state index is 5.51. The summed E-state index contributed by atoms with van der Waals surface area (Å²) in [7, 11) is 3.94. The lowest BCUT2D eigenvalue weighted by Gasteiger charge is -2.39. The smallest absolute Gasteiger partial charge is 0.0774 e. The van der Waals surface area contributed by atoms with Crippen molar-refractivity contribution in [3.63, 3.8) is 0 Å². The highest BCUT2D eigenvalue weighted by Gasteiger charge is 2.27. The molecule has 0 heterocycles. The zero-order valence-corrected chi connectivity index (χ0v) is 10.3. The minimum Gasteiger partial charge on any atom is -0.377 e. The van der Waals surface area contributed by atoms with Crippen molar-refractivity contribution in [1.29, 1.82) is 0 Å². The maximum atomic E-state index is 5.51. The van der Waals surface area contributed by atoms with Crippen molar-refractivity contribution in [2.45, 2.75) is 52.2 Å². The van der Waals surface area contributed by atoms with Crippen molar-refractivity contribution in [2.24, 2.45) is 0 Å². The first kappa shape index (κ1) is 12.9. The number of hydrogen-bond acceptors (Lipinski definition) is 2. The van der Waals surface area contributed by atoms with Crippen LogP contribution in [0.5, 0.6) is 0 Å². The fourth-order valence-corrected chi connectivity index (χ4v) is 1.06. The van der Waals surface area contributed by atoms with E-state index in [-0.39, 0.29) is 11.1 Å². The average molecular weight is 187 g/mol. The van der Waals surface area contributed by atoms with Gasteiger partial charge in [0, 0.05) is 19.2 Å². The second kappa shape index (κ2) is 4.43. The zero-order valence-electron chi connectivity index (χ0n) is 10.3. The maximum Gasteiger partial charge on any atom is 0.0774 e. The third-order valence-electron chi connectivity index (χ3n) is 2.96. The highest BCUT2D eigenvalue weighted by Crippen LogP contribution is 2.20. The second-order valence-corrected chi connectivity index (χ2v) is 5.03. The van der Waals surface area contributed by atoms with Crippen LogP contribution in [0, 0.1) is 0 Å². The van der Waals surface area contributed by atoms with Gasteiger partial charge in [-0.1, -0.05) is 6.92 Å². The Labute approximate surface area is 83.3 Å². The van der Waals surface area contributed by atoms with E-state index in [2.05, 4.69) is 46.6 Å². The summed E-state index contributed by atoms with van der Waals surface area (Å²) in [6.45, 7) is 12.0. The molecule has 0 aliphatic heterocycles. The molecule has 0 saturated carbocycles. The topological polar surface area (TPSA) is 12.5 Å². The third kappa shape index (κ3) is 4.10. The van der Waals surface area contributed by atoms with Gasteiger partial charge in [-0.05, 0) is 41.2 Å². The summed E-state index contributed by atoms with van der Waals surface area (Å²) < 4.78 is 5.51. The molecular weight excluding hydrogens is 162 g/mol. The van der Waals surface area contributed by atoms with Crippen molar-refractivity contribution in [3.05, 3.63) is 0 Å². The van der Waals surface area contributed by atoms with Gasteiger partial charge < -0.3 is 4.74 Å².